The Morgan fingerprint density at radius 3 is 1.03 bits per heavy atom. The highest BCUT2D eigenvalue weighted by molar-refractivity contribution is 5.69. The minimum Gasteiger partial charge on any atom is -0.469 e. The van der Waals surface area contributed by atoms with E-state index in [1.165, 1.54) is 52.1 Å². The van der Waals surface area contributed by atoms with Crippen molar-refractivity contribution in [3.8, 4) is 0 Å². The van der Waals surface area contributed by atoms with Gasteiger partial charge in [-0.2, -0.15) is 0 Å². The molecule has 0 aromatic rings. The standard InChI is InChI=1S/C28H56O10/c1-3-4-5-6-7-8-9-10-12-31-14-16-33-18-20-35-22-24-37-26-27-38-25-23-36-21-19-34-17-15-32-13-11-28(29)30-2/h3-27H2,1-2H3. The first-order valence-electron chi connectivity index (χ1n) is 14.5. The van der Waals surface area contributed by atoms with Crippen molar-refractivity contribution in [1.82, 2.24) is 0 Å². The Morgan fingerprint density at radius 2 is 0.684 bits per heavy atom. The molecule has 0 radical (unpaired) electrons. The Labute approximate surface area is 231 Å². The summed E-state index contributed by atoms with van der Waals surface area (Å²) in [5.41, 5.74) is 0. The molecule has 0 aliphatic rings. The van der Waals surface area contributed by atoms with E-state index in [9.17, 15) is 4.79 Å². The molecule has 0 aliphatic heterocycles. The van der Waals surface area contributed by atoms with E-state index in [-0.39, 0.29) is 12.4 Å². The summed E-state index contributed by atoms with van der Waals surface area (Å²) in [6.45, 7) is 10.8. The van der Waals surface area contributed by atoms with Gasteiger partial charge in [0.15, 0.2) is 0 Å². The maximum atomic E-state index is 10.9. The average Bonchev–Trinajstić information content (AvgIpc) is 2.93. The topological polar surface area (TPSA) is 100 Å². The molecule has 0 saturated heterocycles. The second kappa shape index (κ2) is 34.2. The van der Waals surface area contributed by atoms with Crippen LogP contribution in [0.3, 0.4) is 0 Å². The summed E-state index contributed by atoms with van der Waals surface area (Å²) >= 11 is 0. The van der Waals surface area contributed by atoms with Crippen molar-refractivity contribution in [2.45, 2.75) is 64.7 Å². The molecule has 0 rings (SSSR count). The lowest BCUT2D eigenvalue weighted by molar-refractivity contribution is -0.141. The van der Waals surface area contributed by atoms with Crippen LogP contribution in [-0.2, 0) is 47.4 Å². The lowest BCUT2D eigenvalue weighted by Crippen LogP contribution is -2.15. The van der Waals surface area contributed by atoms with Crippen LogP contribution in [0.5, 0.6) is 0 Å². The van der Waals surface area contributed by atoms with Gasteiger partial charge in [-0.3, -0.25) is 4.79 Å². The predicted molar refractivity (Wildman–Crippen MR) is 146 cm³/mol. The average molecular weight is 553 g/mol. The smallest absolute Gasteiger partial charge is 0.307 e. The van der Waals surface area contributed by atoms with E-state index in [1.54, 1.807) is 0 Å². The van der Waals surface area contributed by atoms with Gasteiger partial charge in [0.25, 0.3) is 0 Å². The molecule has 0 aromatic heterocycles. The summed E-state index contributed by atoms with van der Waals surface area (Å²) in [5, 5.41) is 0. The Kier molecular flexibility index (Phi) is 33.4. The summed E-state index contributed by atoms with van der Waals surface area (Å²) in [4.78, 5) is 10.9. The summed E-state index contributed by atoms with van der Waals surface area (Å²) < 4.78 is 48.1. The summed E-state index contributed by atoms with van der Waals surface area (Å²) in [7, 11) is 1.36. The highest BCUT2D eigenvalue weighted by atomic mass is 16.6. The number of methoxy groups -OCH3 is 1. The quantitative estimate of drug-likeness (QED) is 0.0882. The normalized spacial score (nSPS) is 11.3. The van der Waals surface area contributed by atoms with Crippen molar-refractivity contribution >= 4 is 5.97 Å². The maximum absolute atomic E-state index is 10.9. The van der Waals surface area contributed by atoms with Crippen LogP contribution in [-0.4, -0.2) is 119 Å². The van der Waals surface area contributed by atoms with Crippen LogP contribution in [0.4, 0.5) is 0 Å². The zero-order valence-corrected chi connectivity index (χ0v) is 24.3. The molecule has 0 bridgehead atoms. The zero-order valence-electron chi connectivity index (χ0n) is 24.3. The van der Waals surface area contributed by atoms with Crippen molar-refractivity contribution in [3.05, 3.63) is 0 Å². The molecule has 0 saturated carbocycles. The van der Waals surface area contributed by atoms with Crippen molar-refractivity contribution in [3.63, 3.8) is 0 Å². The SMILES string of the molecule is CCCCCCCCCCOCCOCCOCCOCCOCCOCCOCCOCCC(=O)OC. The van der Waals surface area contributed by atoms with Crippen molar-refractivity contribution < 1.29 is 47.4 Å². The molecule has 0 atom stereocenters. The van der Waals surface area contributed by atoms with Crippen LogP contribution < -0.4 is 0 Å². The van der Waals surface area contributed by atoms with Gasteiger partial charge in [0, 0.05) is 6.61 Å². The minimum absolute atomic E-state index is 0.254. The van der Waals surface area contributed by atoms with E-state index >= 15 is 0 Å². The Hall–Kier alpha value is -0.850. The van der Waals surface area contributed by atoms with Gasteiger partial charge in [-0.15, -0.1) is 0 Å². The number of ether oxygens (including phenoxy) is 9. The number of esters is 1. The van der Waals surface area contributed by atoms with Crippen LogP contribution >= 0.6 is 0 Å². The van der Waals surface area contributed by atoms with E-state index in [1.807, 2.05) is 0 Å². The largest absolute Gasteiger partial charge is 0.469 e. The lowest BCUT2D eigenvalue weighted by Gasteiger charge is -2.08. The van der Waals surface area contributed by atoms with Crippen LogP contribution in [0.25, 0.3) is 0 Å². The first-order valence-corrected chi connectivity index (χ1v) is 14.5. The summed E-state index contributed by atoms with van der Waals surface area (Å²) in [5.74, 6) is -0.278. The van der Waals surface area contributed by atoms with Gasteiger partial charge >= 0.3 is 5.97 Å². The fraction of sp³-hybridized carbons (Fsp3) is 0.964. The second-order valence-electron chi connectivity index (χ2n) is 8.70. The first kappa shape index (κ1) is 37.1. The molecule has 0 N–H and O–H groups in total. The molecule has 0 fully saturated rings. The monoisotopic (exact) mass is 552 g/mol. The van der Waals surface area contributed by atoms with Gasteiger partial charge < -0.3 is 42.6 Å². The molecule has 228 valence electrons. The zero-order chi connectivity index (χ0) is 27.6. The second-order valence-corrected chi connectivity index (χ2v) is 8.70. The number of rotatable bonds is 33. The number of hydrogen-bond donors (Lipinski definition) is 0. The lowest BCUT2D eigenvalue weighted by atomic mass is 10.1. The van der Waals surface area contributed by atoms with Crippen LogP contribution in [0.1, 0.15) is 64.7 Å². The fourth-order valence-corrected chi connectivity index (χ4v) is 3.24. The summed E-state index contributed by atoms with van der Waals surface area (Å²) in [6.07, 6.45) is 10.8. The molecule has 10 heteroatoms. The van der Waals surface area contributed by atoms with E-state index in [2.05, 4.69) is 11.7 Å². The molecule has 0 heterocycles. The van der Waals surface area contributed by atoms with Gasteiger partial charge in [0.05, 0.1) is 113 Å². The number of carbonyl (C=O) groups is 1. The third-order valence-corrected chi connectivity index (χ3v) is 5.42. The molecule has 38 heavy (non-hydrogen) atoms. The van der Waals surface area contributed by atoms with Gasteiger partial charge in [-0.05, 0) is 6.42 Å². The van der Waals surface area contributed by atoms with Crippen LogP contribution in [0.15, 0.2) is 0 Å². The molecule has 10 nitrogen and oxygen atoms in total. The molecule has 0 unspecified atom stereocenters. The van der Waals surface area contributed by atoms with Crippen molar-refractivity contribution in [1.29, 1.82) is 0 Å². The molecule has 0 spiro atoms. The molecular weight excluding hydrogens is 496 g/mol. The Balaban J connectivity index is 3.03. The minimum atomic E-state index is -0.278. The molecular formula is C28H56O10. The highest BCUT2D eigenvalue weighted by Crippen LogP contribution is 2.08. The van der Waals surface area contributed by atoms with E-state index in [4.69, 9.17) is 37.9 Å². The highest BCUT2D eigenvalue weighted by Gasteiger charge is 1.99. The first-order chi connectivity index (χ1) is 18.8. The maximum Gasteiger partial charge on any atom is 0.307 e. The number of hydrogen-bond acceptors (Lipinski definition) is 10. The third-order valence-electron chi connectivity index (χ3n) is 5.42. The van der Waals surface area contributed by atoms with Gasteiger partial charge in [-0.25, -0.2) is 0 Å². The van der Waals surface area contributed by atoms with E-state index < -0.39 is 0 Å². The predicted octanol–water partition coefficient (Wildman–Crippen LogP) is 3.82. The van der Waals surface area contributed by atoms with Crippen LogP contribution in [0.2, 0.25) is 0 Å². The van der Waals surface area contributed by atoms with Gasteiger partial charge in [-0.1, -0.05) is 51.9 Å². The van der Waals surface area contributed by atoms with E-state index in [0.29, 0.717) is 99.1 Å². The Bertz CT molecular complexity index is 453. The van der Waals surface area contributed by atoms with Gasteiger partial charge in [0.2, 0.25) is 0 Å². The number of carbonyl (C=O) groups excluding carboxylic acids is 1. The Morgan fingerprint density at radius 1 is 0.395 bits per heavy atom. The fourth-order valence-electron chi connectivity index (χ4n) is 3.24. The van der Waals surface area contributed by atoms with Crippen LogP contribution in [0, 0.1) is 0 Å². The third kappa shape index (κ3) is 33.2. The van der Waals surface area contributed by atoms with Crippen molar-refractivity contribution in [2.24, 2.45) is 0 Å². The van der Waals surface area contributed by atoms with E-state index in [0.717, 1.165) is 13.0 Å². The van der Waals surface area contributed by atoms with Crippen molar-refractivity contribution in [2.75, 3.05) is 113 Å². The molecule has 0 aliphatic carbocycles. The molecule has 0 aromatic carbocycles. The molecule has 0 amide bonds. The summed E-state index contributed by atoms with van der Waals surface area (Å²) in [6, 6.07) is 0. The van der Waals surface area contributed by atoms with Gasteiger partial charge in [0.1, 0.15) is 0 Å². The number of unbranched alkanes of at least 4 members (excludes halogenated alkanes) is 7.